The summed E-state index contributed by atoms with van der Waals surface area (Å²) in [5.41, 5.74) is 0.341. The van der Waals surface area contributed by atoms with Gasteiger partial charge >= 0.3 is 0 Å². The summed E-state index contributed by atoms with van der Waals surface area (Å²) in [6.45, 7) is 3.64. The van der Waals surface area contributed by atoms with E-state index < -0.39 is 10.0 Å². The molecule has 0 bridgehead atoms. The van der Waals surface area contributed by atoms with Crippen LogP contribution in [-0.4, -0.2) is 58.5 Å². The fourth-order valence-electron chi connectivity index (χ4n) is 3.54. The number of ether oxygens (including phenoxy) is 1. The van der Waals surface area contributed by atoms with Crippen molar-refractivity contribution in [2.45, 2.75) is 30.6 Å². The Morgan fingerprint density at radius 1 is 1.33 bits per heavy atom. The zero-order valence-electron chi connectivity index (χ0n) is 15.6. The minimum atomic E-state index is -3.65. The van der Waals surface area contributed by atoms with Crippen LogP contribution in [0.15, 0.2) is 23.1 Å². The number of hydrogen-bond acceptors (Lipinski definition) is 5. The van der Waals surface area contributed by atoms with Crippen LogP contribution in [0.25, 0.3) is 0 Å². The molecule has 2 saturated heterocycles. The van der Waals surface area contributed by atoms with Crippen molar-refractivity contribution in [1.82, 2.24) is 14.9 Å². The number of methoxy groups -OCH3 is 1. The second-order valence-corrected chi connectivity index (χ2v) is 8.79. The van der Waals surface area contributed by atoms with Crippen molar-refractivity contribution in [3.8, 4) is 5.75 Å². The summed E-state index contributed by atoms with van der Waals surface area (Å²) >= 11 is 0. The van der Waals surface area contributed by atoms with E-state index in [1.54, 1.807) is 12.1 Å². The lowest BCUT2D eigenvalue weighted by Crippen LogP contribution is -2.29. The SMILES string of the molecule is COc1ccc(C(=O)NCCC2CCNC2)cc1S(=O)(=O)N1CCCC1.Cl. The van der Waals surface area contributed by atoms with Gasteiger partial charge in [0.25, 0.3) is 5.91 Å². The highest BCUT2D eigenvalue weighted by atomic mass is 35.5. The van der Waals surface area contributed by atoms with Gasteiger partial charge < -0.3 is 15.4 Å². The van der Waals surface area contributed by atoms with Gasteiger partial charge in [0.15, 0.2) is 0 Å². The van der Waals surface area contributed by atoms with Crippen LogP contribution in [0.3, 0.4) is 0 Å². The lowest BCUT2D eigenvalue weighted by atomic mass is 10.1. The standard InChI is InChI=1S/C18H27N3O4S.ClH/c1-25-16-5-4-15(18(22)20-9-7-14-6-8-19-13-14)12-17(16)26(23,24)21-10-2-3-11-21;/h4-5,12,14,19H,2-3,6-11,13H2,1H3,(H,20,22);1H. The van der Waals surface area contributed by atoms with Crippen LogP contribution in [0.4, 0.5) is 0 Å². The van der Waals surface area contributed by atoms with Crippen molar-refractivity contribution in [2.75, 3.05) is 39.8 Å². The molecule has 3 rings (SSSR count). The Bertz CT molecular complexity index is 745. The maximum absolute atomic E-state index is 12.9. The van der Waals surface area contributed by atoms with Crippen LogP contribution < -0.4 is 15.4 Å². The van der Waals surface area contributed by atoms with Crippen molar-refractivity contribution >= 4 is 28.3 Å². The van der Waals surface area contributed by atoms with E-state index >= 15 is 0 Å². The molecule has 1 amide bonds. The molecule has 9 heteroatoms. The molecule has 27 heavy (non-hydrogen) atoms. The summed E-state index contributed by atoms with van der Waals surface area (Å²) in [6, 6.07) is 4.59. The molecule has 2 N–H and O–H groups in total. The highest BCUT2D eigenvalue weighted by Crippen LogP contribution is 2.29. The van der Waals surface area contributed by atoms with Gasteiger partial charge in [-0.25, -0.2) is 8.42 Å². The summed E-state index contributed by atoms with van der Waals surface area (Å²) in [7, 11) is -2.21. The quantitative estimate of drug-likeness (QED) is 0.704. The predicted molar refractivity (Wildman–Crippen MR) is 106 cm³/mol. The third kappa shape index (κ3) is 5.13. The van der Waals surface area contributed by atoms with Crippen LogP contribution >= 0.6 is 12.4 Å². The molecule has 1 unspecified atom stereocenters. The highest BCUT2D eigenvalue weighted by Gasteiger charge is 2.30. The molecule has 0 radical (unpaired) electrons. The molecular formula is C18H28ClN3O4S. The first-order valence-electron chi connectivity index (χ1n) is 9.19. The summed E-state index contributed by atoms with van der Waals surface area (Å²) in [5.74, 6) is 0.610. The monoisotopic (exact) mass is 417 g/mol. The normalized spacial score (nSPS) is 20.3. The number of halogens is 1. The van der Waals surface area contributed by atoms with Crippen molar-refractivity contribution in [3.63, 3.8) is 0 Å². The molecule has 7 nitrogen and oxygen atoms in total. The van der Waals surface area contributed by atoms with E-state index in [2.05, 4.69) is 10.6 Å². The van der Waals surface area contributed by atoms with Crippen LogP contribution in [0.5, 0.6) is 5.75 Å². The van der Waals surface area contributed by atoms with Crippen molar-refractivity contribution in [2.24, 2.45) is 5.92 Å². The lowest BCUT2D eigenvalue weighted by Gasteiger charge is -2.18. The van der Waals surface area contributed by atoms with Gasteiger partial charge in [0, 0.05) is 25.2 Å². The number of nitrogens with zero attached hydrogens (tertiary/aromatic N) is 1. The van der Waals surface area contributed by atoms with E-state index in [4.69, 9.17) is 4.74 Å². The van der Waals surface area contributed by atoms with E-state index in [0.717, 1.165) is 38.8 Å². The molecule has 0 aromatic heterocycles. The Labute approximate surface area is 167 Å². The molecule has 2 heterocycles. The molecule has 1 atom stereocenters. The highest BCUT2D eigenvalue weighted by molar-refractivity contribution is 7.89. The molecule has 0 saturated carbocycles. The fourth-order valence-corrected chi connectivity index (χ4v) is 5.24. The van der Waals surface area contributed by atoms with Crippen molar-refractivity contribution in [3.05, 3.63) is 23.8 Å². The van der Waals surface area contributed by atoms with Crippen LogP contribution in [-0.2, 0) is 10.0 Å². The lowest BCUT2D eigenvalue weighted by molar-refractivity contribution is 0.0951. The summed E-state index contributed by atoms with van der Waals surface area (Å²) in [6.07, 6.45) is 3.78. The zero-order valence-corrected chi connectivity index (χ0v) is 17.2. The number of carbonyl (C=O) groups is 1. The maximum Gasteiger partial charge on any atom is 0.251 e. The maximum atomic E-state index is 12.9. The van der Waals surface area contributed by atoms with E-state index in [-0.39, 0.29) is 29.0 Å². The average molecular weight is 418 g/mol. The Kier molecular flexibility index (Phi) is 7.91. The van der Waals surface area contributed by atoms with E-state index in [1.807, 2.05) is 0 Å². The van der Waals surface area contributed by atoms with E-state index in [0.29, 0.717) is 31.1 Å². The first-order valence-corrected chi connectivity index (χ1v) is 10.6. The van der Waals surface area contributed by atoms with Crippen LogP contribution in [0, 0.1) is 5.92 Å². The van der Waals surface area contributed by atoms with Gasteiger partial charge in [-0.15, -0.1) is 12.4 Å². The Morgan fingerprint density at radius 3 is 2.70 bits per heavy atom. The largest absolute Gasteiger partial charge is 0.495 e. The van der Waals surface area contributed by atoms with Gasteiger partial charge in [0.05, 0.1) is 7.11 Å². The number of amides is 1. The first kappa shape index (κ1) is 21.9. The minimum absolute atomic E-state index is 0. The minimum Gasteiger partial charge on any atom is -0.495 e. The average Bonchev–Trinajstić information content (AvgIpc) is 3.35. The molecule has 2 aliphatic rings. The van der Waals surface area contributed by atoms with Crippen LogP contribution in [0.2, 0.25) is 0 Å². The summed E-state index contributed by atoms with van der Waals surface area (Å²) in [5, 5.41) is 6.20. The third-order valence-electron chi connectivity index (χ3n) is 5.11. The molecule has 2 fully saturated rings. The van der Waals surface area contributed by atoms with Gasteiger partial charge in [-0.3, -0.25) is 4.79 Å². The molecule has 0 spiro atoms. The number of carbonyl (C=O) groups excluding carboxylic acids is 1. The summed E-state index contributed by atoms with van der Waals surface area (Å²) < 4.78 is 32.5. The third-order valence-corrected chi connectivity index (χ3v) is 7.03. The van der Waals surface area contributed by atoms with Crippen molar-refractivity contribution in [1.29, 1.82) is 0 Å². The van der Waals surface area contributed by atoms with Crippen LogP contribution in [0.1, 0.15) is 36.0 Å². The van der Waals surface area contributed by atoms with Gasteiger partial charge in [0.1, 0.15) is 10.6 Å². The van der Waals surface area contributed by atoms with E-state index in [1.165, 1.54) is 17.5 Å². The Hall–Kier alpha value is -1.35. The Morgan fingerprint density at radius 2 is 2.07 bits per heavy atom. The second kappa shape index (κ2) is 9.73. The molecule has 1 aromatic rings. The fraction of sp³-hybridized carbons (Fsp3) is 0.611. The zero-order chi connectivity index (χ0) is 18.6. The molecule has 152 valence electrons. The van der Waals surface area contributed by atoms with Gasteiger partial charge in [-0.2, -0.15) is 4.31 Å². The Balaban J connectivity index is 0.00000261. The molecular weight excluding hydrogens is 390 g/mol. The summed E-state index contributed by atoms with van der Waals surface area (Å²) in [4.78, 5) is 12.5. The topological polar surface area (TPSA) is 87.7 Å². The number of benzene rings is 1. The smallest absolute Gasteiger partial charge is 0.251 e. The van der Waals surface area contributed by atoms with Gasteiger partial charge in [-0.05, 0) is 62.9 Å². The number of rotatable bonds is 7. The second-order valence-electron chi connectivity index (χ2n) is 6.88. The molecule has 0 aliphatic carbocycles. The predicted octanol–water partition coefficient (Wildman–Crippen LogP) is 1.63. The number of hydrogen-bond donors (Lipinski definition) is 2. The number of nitrogens with one attached hydrogen (secondary N) is 2. The van der Waals surface area contributed by atoms with E-state index in [9.17, 15) is 13.2 Å². The van der Waals surface area contributed by atoms with Gasteiger partial charge in [-0.1, -0.05) is 0 Å². The molecule has 2 aliphatic heterocycles. The first-order chi connectivity index (χ1) is 12.5. The number of sulfonamides is 1. The molecule has 1 aromatic carbocycles. The van der Waals surface area contributed by atoms with Crippen molar-refractivity contribution < 1.29 is 17.9 Å². The van der Waals surface area contributed by atoms with Gasteiger partial charge in [0.2, 0.25) is 10.0 Å².